The van der Waals surface area contributed by atoms with Gasteiger partial charge in [-0.05, 0) is 34.6 Å². The normalized spacial score (nSPS) is 32.3. The summed E-state index contributed by atoms with van der Waals surface area (Å²) >= 11 is 0. The second-order valence-electron chi connectivity index (χ2n) is 7.28. The predicted molar refractivity (Wildman–Crippen MR) is 89.1 cm³/mol. The third-order valence-corrected chi connectivity index (χ3v) is 4.47. The van der Waals surface area contributed by atoms with E-state index >= 15 is 0 Å². The van der Waals surface area contributed by atoms with Gasteiger partial charge in [-0.25, -0.2) is 0 Å². The van der Waals surface area contributed by atoms with Gasteiger partial charge in [0.2, 0.25) is 0 Å². The largest absolute Gasteiger partial charge is 0.375 e. The van der Waals surface area contributed by atoms with Gasteiger partial charge in [0.25, 0.3) is 0 Å². The van der Waals surface area contributed by atoms with Crippen LogP contribution in [0.15, 0.2) is 4.99 Å². The fourth-order valence-electron chi connectivity index (χ4n) is 3.17. The molecule has 6 nitrogen and oxygen atoms in total. The van der Waals surface area contributed by atoms with E-state index in [2.05, 4.69) is 49.4 Å². The summed E-state index contributed by atoms with van der Waals surface area (Å²) in [6.45, 7) is 15.8. The van der Waals surface area contributed by atoms with Crippen LogP contribution in [-0.4, -0.2) is 78.9 Å². The molecule has 2 aliphatic rings. The summed E-state index contributed by atoms with van der Waals surface area (Å²) in [5.74, 6) is 0.637. The molecule has 22 heavy (non-hydrogen) atoms. The van der Waals surface area contributed by atoms with Crippen LogP contribution in [0.3, 0.4) is 0 Å². The van der Waals surface area contributed by atoms with Gasteiger partial charge in [-0.15, -0.1) is 0 Å². The summed E-state index contributed by atoms with van der Waals surface area (Å²) in [4.78, 5) is 9.24. The van der Waals surface area contributed by atoms with Crippen molar-refractivity contribution in [3.8, 4) is 0 Å². The van der Waals surface area contributed by atoms with Crippen LogP contribution in [0, 0.1) is 0 Å². The number of nitrogens with zero attached hydrogens (tertiary/aromatic N) is 3. The van der Waals surface area contributed by atoms with Gasteiger partial charge in [0.05, 0.1) is 31.5 Å². The smallest absolute Gasteiger partial charge is 0.191 e. The van der Waals surface area contributed by atoms with Gasteiger partial charge in [0.15, 0.2) is 5.96 Å². The number of nitrogens with two attached hydrogens (primary N) is 1. The van der Waals surface area contributed by atoms with Crippen molar-refractivity contribution >= 4 is 5.96 Å². The Morgan fingerprint density at radius 2 is 1.77 bits per heavy atom. The van der Waals surface area contributed by atoms with Gasteiger partial charge < -0.3 is 20.1 Å². The summed E-state index contributed by atoms with van der Waals surface area (Å²) in [7, 11) is 0. The highest BCUT2D eigenvalue weighted by Crippen LogP contribution is 2.21. The number of rotatable bonds is 3. The molecular weight excluding hydrogens is 280 g/mol. The standard InChI is InChI=1S/C16H32N4O2/c1-12-8-19(6-7-21-12)15(17)18-11-16(4,5)20-9-13(2)22-14(3)10-20/h12-14H,6-11H2,1-5H3,(H2,17,18). The first-order valence-corrected chi connectivity index (χ1v) is 8.35. The summed E-state index contributed by atoms with van der Waals surface area (Å²) < 4.78 is 11.4. The molecule has 0 radical (unpaired) electrons. The number of hydrogen-bond acceptors (Lipinski definition) is 4. The van der Waals surface area contributed by atoms with E-state index < -0.39 is 0 Å². The van der Waals surface area contributed by atoms with E-state index in [4.69, 9.17) is 15.2 Å². The molecule has 2 saturated heterocycles. The maximum Gasteiger partial charge on any atom is 0.191 e. The van der Waals surface area contributed by atoms with Crippen molar-refractivity contribution in [1.29, 1.82) is 0 Å². The Morgan fingerprint density at radius 3 is 2.36 bits per heavy atom. The average Bonchev–Trinajstić information content (AvgIpc) is 2.44. The molecule has 2 fully saturated rings. The number of hydrogen-bond donors (Lipinski definition) is 1. The van der Waals surface area contributed by atoms with E-state index in [-0.39, 0.29) is 23.9 Å². The first kappa shape index (κ1) is 17.5. The van der Waals surface area contributed by atoms with Gasteiger partial charge in [0, 0.05) is 31.7 Å². The summed E-state index contributed by atoms with van der Waals surface area (Å²) in [5, 5.41) is 0. The fraction of sp³-hybridized carbons (Fsp3) is 0.938. The van der Waals surface area contributed by atoms with Crippen molar-refractivity contribution < 1.29 is 9.47 Å². The Hall–Kier alpha value is -0.850. The number of morpholine rings is 2. The van der Waals surface area contributed by atoms with Crippen LogP contribution >= 0.6 is 0 Å². The molecule has 0 aromatic heterocycles. The maximum absolute atomic E-state index is 6.18. The lowest BCUT2D eigenvalue weighted by Crippen LogP contribution is -2.56. The zero-order chi connectivity index (χ0) is 16.3. The molecule has 6 heteroatoms. The lowest BCUT2D eigenvalue weighted by atomic mass is 10.0. The molecule has 2 N–H and O–H groups in total. The highest BCUT2D eigenvalue weighted by Gasteiger charge is 2.33. The van der Waals surface area contributed by atoms with Crippen molar-refractivity contribution in [2.75, 3.05) is 39.3 Å². The van der Waals surface area contributed by atoms with Crippen LogP contribution in [0.4, 0.5) is 0 Å². The minimum Gasteiger partial charge on any atom is -0.375 e. The van der Waals surface area contributed by atoms with Crippen molar-refractivity contribution in [3.05, 3.63) is 0 Å². The molecule has 0 aromatic rings. The first-order chi connectivity index (χ1) is 10.3. The fourth-order valence-corrected chi connectivity index (χ4v) is 3.17. The first-order valence-electron chi connectivity index (χ1n) is 8.35. The SMILES string of the molecule is CC1CN(C(N)=NCC(C)(C)N2CC(C)OC(C)C2)CCO1. The minimum absolute atomic E-state index is 0.0190. The average molecular weight is 312 g/mol. The van der Waals surface area contributed by atoms with Crippen molar-refractivity contribution in [3.63, 3.8) is 0 Å². The Bertz CT molecular complexity index is 390. The molecule has 0 saturated carbocycles. The van der Waals surface area contributed by atoms with Crippen molar-refractivity contribution in [1.82, 2.24) is 9.80 Å². The molecule has 0 spiro atoms. The van der Waals surface area contributed by atoms with Gasteiger partial charge in [-0.2, -0.15) is 0 Å². The van der Waals surface area contributed by atoms with E-state index in [0.29, 0.717) is 12.5 Å². The Kier molecular flexibility index (Phi) is 5.69. The molecule has 128 valence electrons. The monoisotopic (exact) mass is 312 g/mol. The molecule has 3 unspecified atom stereocenters. The third kappa shape index (κ3) is 4.57. The van der Waals surface area contributed by atoms with E-state index in [0.717, 1.165) is 32.8 Å². The van der Waals surface area contributed by atoms with Gasteiger partial charge in [-0.3, -0.25) is 9.89 Å². The molecule has 0 bridgehead atoms. The van der Waals surface area contributed by atoms with Crippen molar-refractivity contribution in [2.24, 2.45) is 10.7 Å². The second kappa shape index (κ2) is 7.15. The van der Waals surface area contributed by atoms with Crippen LogP contribution in [0.25, 0.3) is 0 Å². The zero-order valence-electron chi connectivity index (χ0n) is 14.7. The summed E-state index contributed by atoms with van der Waals surface area (Å²) in [6.07, 6.45) is 0.755. The molecule has 2 rings (SSSR count). The Labute approximate surface area is 134 Å². The molecule has 0 aliphatic carbocycles. The lowest BCUT2D eigenvalue weighted by Gasteiger charge is -2.44. The lowest BCUT2D eigenvalue weighted by molar-refractivity contribution is -0.0939. The Balaban J connectivity index is 1.94. The van der Waals surface area contributed by atoms with E-state index in [9.17, 15) is 0 Å². The molecule has 2 aliphatic heterocycles. The number of guanidine groups is 1. The minimum atomic E-state index is -0.0190. The van der Waals surface area contributed by atoms with E-state index in [1.165, 1.54) is 0 Å². The van der Waals surface area contributed by atoms with Crippen LogP contribution in [-0.2, 0) is 9.47 Å². The summed E-state index contributed by atoms with van der Waals surface area (Å²) in [5.41, 5.74) is 6.16. The molecular formula is C16H32N4O2. The van der Waals surface area contributed by atoms with Crippen LogP contribution in [0.5, 0.6) is 0 Å². The van der Waals surface area contributed by atoms with Gasteiger partial charge >= 0.3 is 0 Å². The quantitative estimate of drug-likeness (QED) is 0.620. The van der Waals surface area contributed by atoms with Gasteiger partial charge in [-0.1, -0.05) is 0 Å². The molecule has 3 atom stereocenters. The Morgan fingerprint density at radius 1 is 1.14 bits per heavy atom. The van der Waals surface area contributed by atoms with Crippen LogP contribution < -0.4 is 5.73 Å². The molecule has 2 heterocycles. The third-order valence-electron chi connectivity index (χ3n) is 4.47. The van der Waals surface area contributed by atoms with Crippen molar-refractivity contribution in [2.45, 2.75) is 58.5 Å². The highest BCUT2D eigenvalue weighted by molar-refractivity contribution is 5.78. The second-order valence-corrected chi connectivity index (χ2v) is 7.28. The van der Waals surface area contributed by atoms with Crippen LogP contribution in [0.1, 0.15) is 34.6 Å². The molecule has 0 amide bonds. The van der Waals surface area contributed by atoms with Gasteiger partial charge in [0.1, 0.15) is 0 Å². The molecule has 0 aromatic carbocycles. The maximum atomic E-state index is 6.18. The van der Waals surface area contributed by atoms with Crippen LogP contribution in [0.2, 0.25) is 0 Å². The topological polar surface area (TPSA) is 63.3 Å². The van der Waals surface area contributed by atoms with E-state index in [1.54, 1.807) is 0 Å². The number of ether oxygens (including phenoxy) is 2. The van der Waals surface area contributed by atoms with E-state index in [1.807, 2.05) is 0 Å². The highest BCUT2D eigenvalue weighted by atomic mass is 16.5. The zero-order valence-corrected chi connectivity index (χ0v) is 14.7. The number of aliphatic imine (C=N–C) groups is 1. The predicted octanol–water partition coefficient (Wildman–Crippen LogP) is 0.910. The summed E-state index contributed by atoms with van der Waals surface area (Å²) in [6, 6.07) is 0.